The van der Waals surface area contributed by atoms with Crippen molar-refractivity contribution in [1.82, 2.24) is 4.90 Å². The van der Waals surface area contributed by atoms with E-state index in [2.05, 4.69) is 31.7 Å². The van der Waals surface area contributed by atoms with Crippen molar-refractivity contribution in [1.29, 1.82) is 0 Å². The van der Waals surface area contributed by atoms with Crippen molar-refractivity contribution in [3.05, 3.63) is 11.8 Å². The maximum absolute atomic E-state index is 6.12. The summed E-state index contributed by atoms with van der Waals surface area (Å²) < 4.78 is 6.12. The molecule has 86 valence electrons. The van der Waals surface area contributed by atoms with E-state index in [1.54, 1.807) is 0 Å². The van der Waals surface area contributed by atoms with Gasteiger partial charge in [0.1, 0.15) is 0 Å². The topological polar surface area (TPSA) is 12.5 Å². The Morgan fingerprint density at radius 3 is 2.67 bits per heavy atom. The Kier molecular flexibility index (Phi) is 3.06. The van der Waals surface area contributed by atoms with E-state index >= 15 is 0 Å². The second-order valence-corrected chi connectivity index (χ2v) is 5.43. The van der Waals surface area contributed by atoms with E-state index < -0.39 is 0 Å². The Morgan fingerprint density at radius 2 is 2.07 bits per heavy atom. The van der Waals surface area contributed by atoms with Crippen LogP contribution >= 0.6 is 0 Å². The third-order valence-corrected chi connectivity index (χ3v) is 3.61. The van der Waals surface area contributed by atoms with Gasteiger partial charge in [-0.1, -0.05) is 20.8 Å². The first kappa shape index (κ1) is 11.0. The van der Waals surface area contributed by atoms with Gasteiger partial charge in [-0.2, -0.15) is 0 Å². The Bertz CT molecular complexity index is 251. The minimum absolute atomic E-state index is 0.267. The summed E-state index contributed by atoms with van der Waals surface area (Å²) in [5.74, 6) is 1.19. The zero-order valence-electron chi connectivity index (χ0n) is 10.3. The van der Waals surface area contributed by atoms with E-state index in [9.17, 15) is 0 Å². The van der Waals surface area contributed by atoms with E-state index in [4.69, 9.17) is 4.74 Å². The van der Waals surface area contributed by atoms with Gasteiger partial charge in [-0.15, -0.1) is 0 Å². The quantitative estimate of drug-likeness (QED) is 0.692. The molecule has 2 heterocycles. The lowest BCUT2D eigenvalue weighted by molar-refractivity contribution is -0.0996. The molecule has 2 aliphatic rings. The van der Waals surface area contributed by atoms with Crippen molar-refractivity contribution in [3.8, 4) is 0 Å². The molecule has 0 aliphatic carbocycles. The lowest BCUT2D eigenvalue weighted by Gasteiger charge is -2.43. The summed E-state index contributed by atoms with van der Waals surface area (Å²) in [6.45, 7) is 9.24. The van der Waals surface area contributed by atoms with Crippen LogP contribution in [0.25, 0.3) is 0 Å². The molecule has 1 saturated heterocycles. The highest BCUT2D eigenvalue weighted by atomic mass is 16.5. The Labute approximate surface area is 93.3 Å². The number of nitrogens with zero attached hydrogens (tertiary/aromatic N) is 1. The standard InChI is InChI=1S/C13H23NO/c1-4-11-7-8-13(2,3)12(15-11)14-9-5-6-10-14/h7,12H,4-6,8-10H2,1-3H3. The molecular weight excluding hydrogens is 186 g/mol. The van der Waals surface area contributed by atoms with E-state index in [-0.39, 0.29) is 5.41 Å². The molecule has 2 rings (SSSR count). The number of rotatable bonds is 2. The van der Waals surface area contributed by atoms with Gasteiger partial charge in [0.05, 0.1) is 5.76 Å². The minimum atomic E-state index is 0.267. The molecule has 2 aliphatic heterocycles. The predicted octanol–water partition coefficient (Wildman–Crippen LogP) is 3.15. The van der Waals surface area contributed by atoms with Crippen LogP contribution in [0.15, 0.2) is 11.8 Å². The second-order valence-electron chi connectivity index (χ2n) is 5.43. The molecule has 15 heavy (non-hydrogen) atoms. The lowest BCUT2D eigenvalue weighted by Crippen LogP contribution is -2.47. The first-order valence-corrected chi connectivity index (χ1v) is 6.23. The van der Waals surface area contributed by atoms with Crippen molar-refractivity contribution >= 4 is 0 Å². The molecule has 0 aromatic heterocycles. The highest BCUT2D eigenvalue weighted by Crippen LogP contribution is 2.38. The van der Waals surface area contributed by atoms with Gasteiger partial charge in [0.15, 0.2) is 6.23 Å². The zero-order chi connectivity index (χ0) is 10.9. The first-order valence-electron chi connectivity index (χ1n) is 6.23. The van der Waals surface area contributed by atoms with Crippen molar-refractivity contribution in [2.75, 3.05) is 13.1 Å². The molecule has 0 N–H and O–H groups in total. The van der Waals surface area contributed by atoms with Gasteiger partial charge in [-0.3, -0.25) is 4.90 Å². The minimum Gasteiger partial charge on any atom is -0.479 e. The normalized spacial score (nSPS) is 31.1. The predicted molar refractivity (Wildman–Crippen MR) is 62.5 cm³/mol. The van der Waals surface area contributed by atoms with Crippen LogP contribution in [0.5, 0.6) is 0 Å². The Hall–Kier alpha value is -0.500. The van der Waals surface area contributed by atoms with Crippen LogP contribution in [0, 0.1) is 5.41 Å². The van der Waals surface area contributed by atoms with Crippen LogP contribution in [0.4, 0.5) is 0 Å². The SMILES string of the molecule is CCC1=CCC(C)(C)C(N2CCCC2)O1. The average molecular weight is 209 g/mol. The molecule has 1 fully saturated rings. The molecular formula is C13H23NO. The fraction of sp³-hybridized carbons (Fsp3) is 0.846. The summed E-state index contributed by atoms with van der Waals surface area (Å²) in [6, 6.07) is 0. The smallest absolute Gasteiger partial charge is 0.157 e. The number of hydrogen-bond donors (Lipinski definition) is 0. The van der Waals surface area contributed by atoms with Crippen molar-refractivity contribution in [2.24, 2.45) is 5.41 Å². The average Bonchev–Trinajstić information content (AvgIpc) is 2.70. The van der Waals surface area contributed by atoms with Crippen molar-refractivity contribution in [2.45, 2.75) is 52.7 Å². The summed E-state index contributed by atoms with van der Waals surface area (Å²) >= 11 is 0. The van der Waals surface area contributed by atoms with E-state index in [0.29, 0.717) is 6.23 Å². The van der Waals surface area contributed by atoms with E-state index in [0.717, 1.165) is 12.8 Å². The summed E-state index contributed by atoms with van der Waals surface area (Å²) in [5.41, 5.74) is 0.267. The van der Waals surface area contributed by atoms with Crippen LogP contribution in [-0.4, -0.2) is 24.2 Å². The molecule has 2 heteroatoms. The van der Waals surface area contributed by atoms with Crippen molar-refractivity contribution in [3.63, 3.8) is 0 Å². The summed E-state index contributed by atoms with van der Waals surface area (Å²) in [6.07, 6.45) is 7.42. The third kappa shape index (κ3) is 2.20. The third-order valence-electron chi connectivity index (χ3n) is 3.61. The molecule has 2 nitrogen and oxygen atoms in total. The second kappa shape index (κ2) is 4.17. The number of likely N-dealkylation sites (tertiary alicyclic amines) is 1. The first-order chi connectivity index (χ1) is 7.13. The summed E-state index contributed by atoms with van der Waals surface area (Å²) in [5, 5.41) is 0. The maximum atomic E-state index is 6.12. The molecule has 1 unspecified atom stereocenters. The molecule has 0 aromatic rings. The number of allylic oxidation sites excluding steroid dienone is 2. The van der Waals surface area contributed by atoms with Crippen molar-refractivity contribution < 1.29 is 4.74 Å². The monoisotopic (exact) mass is 209 g/mol. The van der Waals surface area contributed by atoms with Gasteiger partial charge in [0.2, 0.25) is 0 Å². The van der Waals surface area contributed by atoms with E-state index in [1.165, 1.54) is 31.7 Å². The summed E-state index contributed by atoms with van der Waals surface area (Å²) in [4.78, 5) is 2.52. The lowest BCUT2D eigenvalue weighted by atomic mass is 9.84. The Balaban J connectivity index is 2.10. The van der Waals surface area contributed by atoms with Gasteiger partial charge in [-0.25, -0.2) is 0 Å². The van der Waals surface area contributed by atoms with Gasteiger partial charge in [0.25, 0.3) is 0 Å². The summed E-state index contributed by atoms with van der Waals surface area (Å²) in [7, 11) is 0. The molecule has 0 spiro atoms. The highest BCUT2D eigenvalue weighted by molar-refractivity contribution is 5.03. The fourth-order valence-electron chi connectivity index (χ4n) is 2.60. The van der Waals surface area contributed by atoms with Gasteiger partial charge < -0.3 is 4.74 Å². The van der Waals surface area contributed by atoms with Crippen LogP contribution in [0.2, 0.25) is 0 Å². The largest absolute Gasteiger partial charge is 0.479 e. The highest BCUT2D eigenvalue weighted by Gasteiger charge is 2.39. The van der Waals surface area contributed by atoms with Gasteiger partial charge >= 0.3 is 0 Å². The Morgan fingerprint density at radius 1 is 1.40 bits per heavy atom. The molecule has 1 atom stereocenters. The molecule has 0 aromatic carbocycles. The zero-order valence-corrected chi connectivity index (χ0v) is 10.3. The van der Waals surface area contributed by atoms with Crippen LogP contribution in [0.1, 0.15) is 46.5 Å². The van der Waals surface area contributed by atoms with Crippen LogP contribution in [-0.2, 0) is 4.74 Å². The fourth-order valence-corrected chi connectivity index (χ4v) is 2.60. The molecule has 0 amide bonds. The van der Waals surface area contributed by atoms with Gasteiger partial charge in [-0.05, 0) is 25.3 Å². The maximum Gasteiger partial charge on any atom is 0.157 e. The number of hydrogen-bond acceptors (Lipinski definition) is 2. The molecule has 0 radical (unpaired) electrons. The molecule has 0 saturated carbocycles. The van der Waals surface area contributed by atoms with Crippen LogP contribution < -0.4 is 0 Å². The van der Waals surface area contributed by atoms with Gasteiger partial charge in [0, 0.05) is 24.9 Å². The van der Waals surface area contributed by atoms with E-state index in [1.807, 2.05) is 0 Å². The number of ether oxygens (including phenoxy) is 1. The molecule has 0 bridgehead atoms. The van der Waals surface area contributed by atoms with Crippen LogP contribution in [0.3, 0.4) is 0 Å².